The monoisotopic (exact) mass is 437 g/mol. The molecule has 3 aromatic rings. The molecule has 0 atom stereocenters. The van der Waals surface area contributed by atoms with E-state index in [1.165, 1.54) is 6.92 Å². The number of carbonyl (C=O) groups is 1. The van der Waals surface area contributed by atoms with Crippen LogP contribution in [0.3, 0.4) is 0 Å². The lowest BCUT2D eigenvalue weighted by molar-refractivity contribution is -0.270. The van der Waals surface area contributed by atoms with Crippen LogP contribution in [0.2, 0.25) is 0 Å². The summed E-state index contributed by atoms with van der Waals surface area (Å²) in [6.45, 7) is 4.55. The molecule has 1 N–H and O–H groups in total. The van der Waals surface area contributed by atoms with Gasteiger partial charge in [-0.15, -0.1) is 0 Å². The number of carboxylic acid groups (broad SMARTS) is 1. The third kappa shape index (κ3) is 5.18. The molecule has 4 rings (SSSR count). The Labute approximate surface area is 186 Å². The SMILES string of the molecule is Cc1oc(-c2ccccc2)nc1CCOc1ccc(CC2COC(C)(C(=O)O)OC2)cc1. The predicted octanol–water partition coefficient (Wildman–Crippen LogP) is 4.28. The van der Waals surface area contributed by atoms with Gasteiger partial charge in [-0.1, -0.05) is 30.3 Å². The van der Waals surface area contributed by atoms with E-state index in [1.807, 2.05) is 61.5 Å². The molecule has 1 fully saturated rings. The number of benzene rings is 2. The zero-order valence-corrected chi connectivity index (χ0v) is 18.2. The van der Waals surface area contributed by atoms with Crippen LogP contribution in [0.4, 0.5) is 0 Å². The molecule has 0 radical (unpaired) electrons. The number of hydrogen-bond acceptors (Lipinski definition) is 6. The molecule has 2 aromatic carbocycles. The number of aryl methyl sites for hydroxylation is 1. The van der Waals surface area contributed by atoms with Crippen molar-refractivity contribution in [3.63, 3.8) is 0 Å². The normalized spacial score (nSPS) is 20.8. The maximum Gasteiger partial charge on any atom is 0.364 e. The van der Waals surface area contributed by atoms with Crippen LogP contribution < -0.4 is 4.74 Å². The lowest BCUT2D eigenvalue weighted by Crippen LogP contribution is -2.48. The number of nitrogens with zero attached hydrogens (tertiary/aromatic N) is 1. The van der Waals surface area contributed by atoms with Crippen molar-refractivity contribution in [1.82, 2.24) is 4.98 Å². The van der Waals surface area contributed by atoms with E-state index >= 15 is 0 Å². The fourth-order valence-electron chi connectivity index (χ4n) is 3.57. The summed E-state index contributed by atoms with van der Waals surface area (Å²) >= 11 is 0. The van der Waals surface area contributed by atoms with Gasteiger partial charge in [0.2, 0.25) is 5.89 Å². The smallest absolute Gasteiger partial charge is 0.364 e. The van der Waals surface area contributed by atoms with Gasteiger partial charge in [0.15, 0.2) is 0 Å². The maximum absolute atomic E-state index is 11.2. The predicted molar refractivity (Wildman–Crippen MR) is 117 cm³/mol. The van der Waals surface area contributed by atoms with Crippen molar-refractivity contribution in [2.75, 3.05) is 19.8 Å². The highest BCUT2D eigenvalue weighted by Crippen LogP contribution is 2.25. The van der Waals surface area contributed by atoms with Gasteiger partial charge in [0.1, 0.15) is 11.5 Å². The summed E-state index contributed by atoms with van der Waals surface area (Å²) in [6, 6.07) is 17.7. The Kier molecular flexibility index (Phi) is 6.58. The Balaban J connectivity index is 1.25. The molecule has 1 aliphatic heterocycles. The van der Waals surface area contributed by atoms with E-state index in [1.54, 1.807) is 0 Å². The first-order chi connectivity index (χ1) is 15.4. The molecule has 1 saturated heterocycles. The third-order valence-corrected chi connectivity index (χ3v) is 5.55. The highest BCUT2D eigenvalue weighted by Gasteiger charge is 2.40. The minimum Gasteiger partial charge on any atom is -0.493 e. The minimum absolute atomic E-state index is 0.114. The van der Waals surface area contributed by atoms with Crippen molar-refractivity contribution < 1.29 is 28.5 Å². The Morgan fingerprint density at radius 1 is 1.12 bits per heavy atom. The molecule has 168 valence electrons. The van der Waals surface area contributed by atoms with Gasteiger partial charge in [-0.2, -0.15) is 0 Å². The molecule has 32 heavy (non-hydrogen) atoms. The van der Waals surface area contributed by atoms with Crippen LogP contribution in [0.1, 0.15) is 23.9 Å². The summed E-state index contributed by atoms with van der Waals surface area (Å²) in [7, 11) is 0. The van der Waals surface area contributed by atoms with Gasteiger partial charge >= 0.3 is 5.97 Å². The van der Waals surface area contributed by atoms with Crippen LogP contribution in [-0.4, -0.2) is 41.7 Å². The number of oxazole rings is 1. The van der Waals surface area contributed by atoms with Crippen LogP contribution in [0.25, 0.3) is 11.5 Å². The summed E-state index contributed by atoms with van der Waals surface area (Å²) < 4.78 is 22.5. The average molecular weight is 437 g/mol. The van der Waals surface area contributed by atoms with E-state index in [9.17, 15) is 4.79 Å². The molecule has 0 unspecified atom stereocenters. The van der Waals surface area contributed by atoms with Crippen molar-refractivity contribution in [2.45, 2.75) is 32.5 Å². The van der Waals surface area contributed by atoms with Crippen LogP contribution >= 0.6 is 0 Å². The second-order valence-corrected chi connectivity index (χ2v) is 8.07. The van der Waals surface area contributed by atoms with Gasteiger partial charge in [-0.3, -0.25) is 0 Å². The summed E-state index contributed by atoms with van der Waals surface area (Å²) in [5.41, 5.74) is 2.97. The molecule has 0 aliphatic carbocycles. The van der Waals surface area contributed by atoms with Crippen molar-refractivity contribution in [3.05, 3.63) is 71.6 Å². The Morgan fingerprint density at radius 2 is 1.81 bits per heavy atom. The number of aromatic nitrogens is 1. The van der Waals surface area contributed by atoms with Gasteiger partial charge in [-0.25, -0.2) is 9.78 Å². The van der Waals surface area contributed by atoms with Gasteiger partial charge in [0, 0.05) is 24.8 Å². The molecule has 0 saturated carbocycles. The molecule has 7 heteroatoms. The van der Waals surface area contributed by atoms with Crippen LogP contribution in [0.15, 0.2) is 59.0 Å². The minimum atomic E-state index is -1.54. The van der Waals surface area contributed by atoms with Crippen molar-refractivity contribution in [2.24, 2.45) is 5.92 Å². The second kappa shape index (κ2) is 9.54. The summed E-state index contributed by atoms with van der Waals surface area (Å²) in [5.74, 6) is -0.316. The molecule has 7 nitrogen and oxygen atoms in total. The molecular formula is C25H27NO6. The molecular weight excluding hydrogens is 410 g/mol. The van der Waals surface area contributed by atoms with E-state index in [0.717, 1.165) is 34.8 Å². The van der Waals surface area contributed by atoms with Crippen LogP contribution in [0, 0.1) is 12.8 Å². The lowest BCUT2D eigenvalue weighted by Gasteiger charge is -2.34. The van der Waals surface area contributed by atoms with Gasteiger partial charge in [-0.05, 0) is 43.2 Å². The van der Waals surface area contributed by atoms with Crippen molar-refractivity contribution in [1.29, 1.82) is 0 Å². The number of ether oxygens (including phenoxy) is 3. The number of carboxylic acids is 1. The van der Waals surface area contributed by atoms with Crippen LogP contribution in [-0.2, 0) is 27.1 Å². The third-order valence-electron chi connectivity index (χ3n) is 5.55. The molecule has 2 heterocycles. The van der Waals surface area contributed by atoms with E-state index < -0.39 is 11.8 Å². The number of aliphatic carboxylic acids is 1. The molecule has 0 bridgehead atoms. The highest BCUT2D eigenvalue weighted by molar-refractivity contribution is 5.75. The Bertz CT molecular complexity index is 1040. The fraction of sp³-hybridized carbons (Fsp3) is 0.360. The molecule has 0 spiro atoms. The molecule has 1 aliphatic rings. The Morgan fingerprint density at radius 3 is 2.47 bits per heavy atom. The summed E-state index contributed by atoms with van der Waals surface area (Å²) in [6.07, 6.45) is 1.40. The van der Waals surface area contributed by atoms with E-state index in [4.69, 9.17) is 23.7 Å². The molecule has 1 aromatic heterocycles. The lowest BCUT2D eigenvalue weighted by atomic mass is 9.99. The Hall–Kier alpha value is -3.16. The van der Waals surface area contributed by atoms with Gasteiger partial charge < -0.3 is 23.7 Å². The number of hydrogen-bond donors (Lipinski definition) is 1. The standard InChI is InChI=1S/C25H27NO6/c1-17-22(26-23(32-17)20-6-4-3-5-7-20)12-13-29-21-10-8-18(9-11-21)14-19-15-30-25(2,24(27)28)31-16-19/h3-11,19H,12-16H2,1-2H3,(H,27,28). The van der Waals surface area contributed by atoms with E-state index in [0.29, 0.717) is 32.1 Å². The summed E-state index contributed by atoms with van der Waals surface area (Å²) in [5, 5.41) is 9.14. The van der Waals surface area contributed by atoms with Crippen LogP contribution in [0.5, 0.6) is 5.75 Å². The molecule has 0 amide bonds. The second-order valence-electron chi connectivity index (χ2n) is 8.07. The van der Waals surface area contributed by atoms with E-state index in [2.05, 4.69) is 4.98 Å². The first-order valence-corrected chi connectivity index (χ1v) is 10.7. The first kappa shape index (κ1) is 22.0. The summed E-state index contributed by atoms with van der Waals surface area (Å²) in [4.78, 5) is 15.8. The zero-order valence-electron chi connectivity index (χ0n) is 18.2. The average Bonchev–Trinajstić information content (AvgIpc) is 3.17. The highest BCUT2D eigenvalue weighted by atomic mass is 16.7. The maximum atomic E-state index is 11.2. The zero-order chi connectivity index (χ0) is 22.6. The van der Waals surface area contributed by atoms with Gasteiger partial charge in [0.25, 0.3) is 5.79 Å². The number of rotatable bonds is 8. The first-order valence-electron chi connectivity index (χ1n) is 10.7. The largest absolute Gasteiger partial charge is 0.493 e. The van der Waals surface area contributed by atoms with E-state index in [-0.39, 0.29) is 5.92 Å². The van der Waals surface area contributed by atoms with Crippen molar-refractivity contribution in [3.8, 4) is 17.2 Å². The topological polar surface area (TPSA) is 91.0 Å². The fourth-order valence-corrected chi connectivity index (χ4v) is 3.57. The quantitative estimate of drug-likeness (QED) is 0.562. The van der Waals surface area contributed by atoms with Crippen molar-refractivity contribution >= 4 is 5.97 Å². The van der Waals surface area contributed by atoms with Gasteiger partial charge in [0.05, 0.1) is 25.5 Å².